The summed E-state index contributed by atoms with van der Waals surface area (Å²) in [5.41, 5.74) is 2.60. The van der Waals surface area contributed by atoms with Crippen LogP contribution in [0.3, 0.4) is 0 Å². The van der Waals surface area contributed by atoms with Gasteiger partial charge in [-0.15, -0.1) is 0 Å². The Morgan fingerprint density at radius 3 is 2.44 bits per heavy atom. The van der Waals surface area contributed by atoms with Crippen LogP contribution in [0, 0.1) is 17.3 Å². The molecule has 2 unspecified atom stereocenters. The van der Waals surface area contributed by atoms with Gasteiger partial charge in [0.15, 0.2) is 0 Å². The number of anilines is 2. The van der Waals surface area contributed by atoms with E-state index in [1.807, 2.05) is 36.4 Å². The standard InChI is InChI=1S/C32H31N5O4/c1-19(38)41-32-16-20-12-21(17-32)15-31(14-20,18-32)30(40)34-24-8-5-22(6-9-24)28-35-25-10-7-23(13-26(25)36-28)29(39)37-27-4-2-3-11-33-27/h2-11,13,20-21H,12,14-18H2,1H3,(H,34,40)(H,35,36)(H,33,37,39). The second-order valence-electron chi connectivity index (χ2n) is 12.0. The lowest BCUT2D eigenvalue weighted by molar-refractivity contribution is -0.200. The normalized spacial score (nSPS) is 26.1. The van der Waals surface area contributed by atoms with Gasteiger partial charge in [-0.2, -0.15) is 0 Å². The topological polar surface area (TPSA) is 126 Å². The summed E-state index contributed by atoms with van der Waals surface area (Å²) >= 11 is 0. The maximum absolute atomic E-state index is 13.7. The number of esters is 1. The van der Waals surface area contributed by atoms with Crippen molar-refractivity contribution in [3.05, 3.63) is 72.4 Å². The molecule has 4 aromatic rings. The molecule has 4 fully saturated rings. The number of nitrogens with one attached hydrogen (secondary N) is 3. The molecular weight excluding hydrogens is 518 g/mol. The zero-order chi connectivity index (χ0) is 28.2. The third-order valence-electron chi connectivity index (χ3n) is 8.92. The monoisotopic (exact) mass is 549 g/mol. The molecule has 2 amide bonds. The third kappa shape index (κ3) is 4.75. The van der Waals surface area contributed by atoms with Crippen molar-refractivity contribution in [3.63, 3.8) is 0 Å². The van der Waals surface area contributed by atoms with Crippen LogP contribution >= 0.6 is 0 Å². The van der Waals surface area contributed by atoms with Crippen LogP contribution in [0.25, 0.3) is 22.4 Å². The number of pyridine rings is 1. The number of imidazole rings is 1. The van der Waals surface area contributed by atoms with Crippen LogP contribution in [0.1, 0.15) is 55.8 Å². The first kappa shape index (κ1) is 25.4. The number of rotatable bonds is 6. The molecule has 0 saturated heterocycles. The Balaban J connectivity index is 1.06. The lowest BCUT2D eigenvalue weighted by Gasteiger charge is -2.60. The summed E-state index contributed by atoms with van der Waals surface area (Å²) in [5, 5.41) is 5.95. The zero-order valence-corrected chi connectivity index (χ0v) is 22.8. The van der Waals surface area contributed by atoms with Crippen molar-refractivity contribution in [2.75, 3.05) is 10.6 Å². The number of benzene rings is 2. The minimum Gasteiger partial charge on any atom is -0.459 e. The first-order valence-electron chi connectivity index (χ1n) is 14.1. The summed E-state index contributed by atoms with van der Waals surface area (Å²) in [6.07, 6.45) is 6.83. The Morgan fingerprint density at radius 2 is 1.73 bits per heavy atom. The highest BCUT2D eigenvalue weighted by atomic mass is 16.6. The average molecular weight is 550 g/mol. The molecule has 2 atom stereocenters. The second kappa shape index (κ2) is 9.54. The van der Waals surface area contributed by atoms with Crippen LogP contribution in [0.15, 0.2) is 66.9 Å². The van der Waals surface area contributed by atoms with E-state index >= 15 is 0 Å². The van der Waals surface area contributed by atoms with Gasteiger partial charge in [-0.3, -0.25) is 14.4 Å². The summed E-state index contributed by atoms with van der Waals surface area (Å²) in [5.74, 6) is 1.53. The van der Waals surface area contributed by atoms with Gasteiger partial charge >= 0.3 is 5.97 Å². The Bertz CT molecular complexity index is 1650. The molecular formula is C32H31N5O4. The zero-order valence-electron chi connectivity index (χ0n) is 22.8. The van der Waals surface area contributed by atoms with Crippen LogP contribution in [-0.4, -0.2) is 38.3 Å². The van der Waals surface area contributed by atoms with Crippen molar-refractivity contribution in [2.45, 2.75) is 51.0 Å². The molecule has 4 bridgehead atoms. The SMILES string of the molecule is CC(=O)OC12CC3CC(C1)CC(C(=O)Nc1ccc(-c4nc5ccc(C(=O)Nc6ccccn6)cc5[nH]4)cc1)(C3)C2. The highest BCUT2D eigenvalue weighted by molar-refractivity contribution is 6.05. The van der Waals surface area contributed by atoms with Crippen LogP contribution in [-0.2, 0) is 14.3 Å². The number of H-pyrrole nitrogens is 1. The quantitative estimate of drug-likeness (QED) is 0.264. The summed E-state index contributed by atoms with van der Waals surface area (Å²) in [6, 6.07) is 18.3. The number of aromatic nitrogens is 3. The number of carbonyl (C=O) groups is 3. The van der Waals surface area contributed by atoms with E-state index < -0.39 is 11.0 Å². The number of aromatic amines is 1. The molecule has 9 nitrogen and oxygen atoms in total. The van der Waals surface area contributed by atoms with E-state index in [4.69, 9.17) is 4.74 Å². The first-order chi connectivity index (χ1) is 19.8. The largest absolute Gasteiger partial charge is 0.459 e. The second-order valence-corrected chi connectivity index (χ2v) is 12.0. The number of fused-ring (bicyclic) bond motifs is 1. The number of hydrogen-bond donors (Lipinski definition) is 3. The highest BCUT2D eigenvalue weighted by Crippen LogP contribution is 2.63. The molecule has 3 N–H and O–H groups in total. The smallest absolute Gasteiger partial charge is 0.303 e. The lowest BCUT2D eigenvalue weighted by Crippen LogP contribution is -2.60. The highest BCUT2D eigenvalue weighted by Gasteiger charge is 2.62. The molecule has 8 rings (SSSR count). The lowest BCUT2D eigenvalue weighted by atomic mass is 9.47. The van der Waals surface area contributed by atoms with Crippen LogP contribution in [0.5, 0.6) is 0 Å². The molecule has 0 spiro atoms. The fraction of sp³-hybridized carbons (Fsp3) is 0.344. The summed E-state index contributed by atoms with van der Waals surface area (Å²) < 4.78 is 5.86. The number of carbonyl (C=O) groups excluding carboxylic acids is 3. The van der Waals surface area contributed by atoms with Crippen molar-refractivity contribution in [3.8, 4) is 11.4 Å². The van der Waals surface area contributed by atoms with E-state index in [-0.39, 0.29) is 17.8 Å². The van der Waals surface area contributed by atoms with Gasteiger partial charge < -0.3 is 20.4 Å². The third-order valence-corrected chi connectivity index (χ3v) is 8.92. The van der Waals surface area contributed by atoms with Crippen LogP contribution < -0.4 is 10.6 Å². The first-order valence-corrected chi connectivity index (χ1v) is 14.1. The number of amides is 2. The summed E-state index contributed by atoms with van der Waals surface area (Å²) in [4.78, 5) is 50.3. The fourth-order valence-corrected chi connectivity index (χ4v) is 7.76. The summed E-state index contributed by atoms with van der Waals surface area (Å²) in [6.45, 7) is 1.47. The van der Waals surface area contributed by atoms with Gasteiger partial charge in [0.2, 0.25) is 5.91 Å². The Hall–Kier alpha value is -4.53. The van der Waals surface area contributed by atoms with Gasteiger partial charge in [0.05, 0.1) is 16.4 Å². The average Bonchev–Trinajstić information content (AvgIpc) is 3.36. The number of nitrogens with zero attached hydrogens (tertiary/aromatic N) is 2. The molecule has 2 aromatic carbocycles. The number of hydrogen-bond acceptors (Lipinski definition) is 6. The molecule has 208 valence electrons. The molecule has 9 heteroatoms. The van der Waals surface area contributed by atoms with E-state index in [1.54, 1.807) is 30.5 Å². The van der Waals surface area contributed by atoms with Crippen molar-refractivity contribution in [2.24, 2.45) is 17.3 Å². The molecule has 0 radical (unpaired) electrons. The minimum absolute atomic E-state index is 0.0242. The maximum atomic E-state index is 13.7. The Morgan fingerprint density at radius 1 is 0.951 bits per heavy atom. The van der Waals surface area contributed by atoms with Gasteiger partial charge in [0.1, 0.15) is 17.2 Å². The molecule has 2 heterocycles. The maximum Gasteiger partial charge on any atom is 0.303 e. The van der Waals surface area contributed by atoms with E-state index in [2.05, 4.69) is 25.6 Å². The van der Waals surface area contributed by atoms with Crippen LogP contribution in [0.2, 0.25) is 0 Å². The molecule has 4 aliphatic carbocycles. The molecule has 0 aliphatic heterocycles. The van der Waals surface area contributed by atoms with E-state index in [0.717, 1.165) is 54.4 Å². The predicted molar refractivity (Wildman–Crippen MR) is 154 cm³/mol. The Kier molecular flexibility index (Phi) is 5.92. The van der Waals surface area contributed by atoms with Crippen molar-refractivity contribution < 1.29 is 19.1 Å². The molecule has 4 saturated carbocycles. The van der Waals surface area contributed by atoms with E-state index in [9.17, 15) is 14.4 Å². The predicted octanol–water partition coefficient (Wildman–Crippen LogP) is 5.72. The van der Waals surface area contributed by atoms with Crippen molar-refractivity contribution >= 4 is 40.3 Å². The fourth-order valence-electron chi connectivity index (χ4n) is 7.76. The molecule has 4 aliphatic rings. The van der Waals surface area contributed by atoms with Crippen LogP contribution in [0.4, 0.5) is 11.5 Å². The Labute approximate surface area is 237 Å². The van der Waals surface area contributed by atoms with E-state index in [0.29, 0.717) is 35.5 Å². The van der Waals surface area contributed by atoms with Gasteiger partial charge in [0.25, 0.3) is 5.91 Å². The molecule has 41 heavy (non-hydrogen) atoms. The minimum atomic E-state index is -0.489. The number of ether oxygens (including phenoxy) is 1. The molecule has 2 aromatic heterocycles. The van der Waals surface area contributed by atoms with Gasteiger partial charge in [-0.1, -0.05) is 6.07 Å². The van der Waals surface area contributed by atoms with Crippen molar-refractivity contribution in [1.82, 2.24) is 15.0 Å². The van der Waals surface area contributed by atoms with Gasteiger partial charge in [-0.05, 0) is 98.5 Å². The summed E-state index contributed by atoms with van der Waals surface area (Å²) in [7, 11) is 0. The van der Waals surface area contributed by atoms with E-state index in [1.165, 1.54) is 6.92 Å². The van der Waals surface area contributed by atoms with Crippen molar-refractivity contribution in [1.29, 1.82) is 0 Å². The van der Waals surface area contributed by atoms with Gasteiger partial charge in [0, 0.05) is 36.4 Å². The van der Waals surface area contributed by atoms with Gasteiger partial charge in [-0.25, -0.2) is 9.97 Å².